The van der Waals surface area contributed by atoms with Gasteiger partial charge in [-0.25, -0.2) is 4.98 Å². The minimum atomic E-state index is 0.0198. The van der Waals surface area contributed by atoms with Crippen LogP contribution in [0.2, 0.25) is 5.02 Å². The summed E-state index contributed by atoms with van der Waals surface area (Å²) in [5, 5.41) is 0.560. The molecule has 1 saturated heterocycles. The van der Waals surface area contributed by atoms with Crippen molar-refractivity contribution < 1.29 is 4.79 Å². The molecule has 4 heteroatoms. The Hall–Kier alpha value is -1.09. The Labute approximate surface area is 94.1 Å². The van der Waals surface area contributed by atoms with Gasteiger partial charge >= 0.3 is 0 Å². The van der Waals surface area contributed by atoms with Gasteiger partial charge in [0.1, 0.15) is 5.69 Å². The second-order valence-electron chi connectivity index (χ2n) is 3.71. The van der Waals surface area contributed by atoms with E-state index in [2.05, 4.69) is 4.98 Å². The average Bonchev–Trinajstić information content (AvgIpc) is 2.30. The summed E-state index contributed by atoms with van der Waals surface area (Å²) in [6, 6.07) is 3.38. The van der Waals surface area contributed by atoms with Crippen molar-refractivity contribution in [2.45, 2.75) is 19.3 Å². The second kappa shape index (κ2) is 4.62. The Morgan fingerprint density at radius 2 is 2.00 bits per heavy atom. The molecule has 0 N–H and O–H groups in total. The topological polar surface area (TPSA) is 33.2 Å². The maximum atomic E-state index is 11.9. The van der Waals surface area contributed by atoms with Crippen LogP contribution in [0.3, 0.4) is 0 Å². The molecule has 1 aromatic rings. The van der Waals surface area contributed by atoms with E-state index in [-0.39, 0.29) is 5.91 Å². The van der Waals surface area contributed by atoms with Crippen LogP contribution in [0.15, 0.2) is 18.3 Å². The van der Waals surface area contributed by atoms with E-state index < -0.39 is 0 Å². The average molecular weight is 225 g/mol. The van der Waals surface area contributed by atoms with Crippen LogP contribution in [-0.2, 0) is 0 Å². The summed E-state index contributed by atoms with van der Waals surface area (Å²) in [5.41, 5.74) is 0.487. The van der Waals surface area contributed by atoms with Crippen LogP contribution in [0.1, 0.15) is 29.8 Å². The molecule has 1 aliphatic heterocycles. The van der Waals surface area contributed by atoms with E-state index in [0.717, 1.165) is 25.9 Å². The molecule has 0 atom stereocenters. The lowest BCUT2D eigenvalue weighted by molar-refractivity contribution is 0.0718. The zero-order valence-corrected chi connectivity index (χ0v) is 9.20. The summed E-state index contributed by atoms with van der Waals surface area (Å²) >= 11 is 5.71. The number of pyridine rings is 1. The van der Waals surface area contributed by atoms with Gasteiger partial charge in [-0.3, -0.25) is 4.79 Å². The number of aromatic nitrogens is 1. The summed E-state index contributed by atoms with van der Waals surface area (Å²) in [5.74, 6) is 0.0198. The van der Waals surface area contributed by atoms with Crippen molar-refractivity contribution in [3.05, 3.63) is 29.0 Å². The summed E-state index contributed by atoms with van der Waals surface area (Å²) in [6.07, 6.45) is 4.93. The summed E-state index contributed by atoms with van der Waals surface area (Å²) < 4.78 is 0. The molecule has 0 spiro atoms. The second-order valence-corrected chi connectivity index (χ2v) is 4.15. The normalized spacial score (nSPS) is 16.5. The van der Waals surface area contributed by atoms with E-state index in [1.165, 1.54) is 12.6 Å². The van der Waals surface area contributed by atoms with Crippen molar-refractivity contribution in [3.8, 4) is 0 Å². The summed E-state index contributed by atoms with van der Waals surface area (Å²) in [7, 11) is 0. The van der Waals surface area contributed by atoms with Gasteiger partial charge in [-0.1, -0.05) is 11.6 Å². The van der Waals surface area contributed by atoms with Crippen molar-refractivity contribution >= 4 is 17.5 Å². The first-order chi connectivity index (χ1) is 7.27. The lowest BCUT2D eigenvalue weighted by Crippen LogP contribution is -2.36. The minimum Gasteiger partial charge on any atom is -0.337 e. The van der Waals surface area contributed by atoms with Gasteiger partial charge in [-0.15, -0.1) is 0 Å². The quantitative estimate of drug-likeness (QED) is 0.734. The Morgan fingerprint density at radius 1 is 1.27 bits per heavy atom. The fraction of sp³-hybridized carbons (Fsp3) is 0.455. The SMILES string of the molecule is O=C(c1ccc(Cl)cn1)N1CCCCC1. The number of hydrogen-bond acceptors (Lipinski definition) is 2. The molecule has 1 fully saturated rings. The third-order valence-electron chi connectivity index (χ3n) is 2.59. The molecule has 0 aromatic carbocycles. The van der Waals surface area contributed by atoms with Crippen LogP contribution >= 0.6 is 11.6 Å². The van der Waals surface area contributed by atoms with Gasteiger partial charge in [-0.2, -0.15) is 0 Å². The Morgan fingerprint density at radius 3 is 2.60 bits per heavy atom. The standard InChI is InChI=1S/C11H13ClN2O/c12-9-4-5-10(13-8-9)11(15)14-6-2-1-3-7-14/h4-5,8H,1-3,6-7H2. The molecular weight excluding hydrogens is 212 g/mol. The maximum Gasteiger partial charge on any atom is 0.272 e. The molecular formula is C11H13ClN2O. The molecule has 1 amide bonds. The summed E-state index contributed by atoms with van der Waals surface area (Å²) in [4.78, 5) is 17.8. The van der Waals surface area contributed by atoms with Crippen LogP contribution in [0.25, 0.3) is 0 Å². The number of amides is 1. The lowest BCUT2D eigenvalue weighted by atomic mass is 10.1. The number of likely N-dealkylation sites (tertiary alicyclic amines) is 1. The van der Waals surface area contributed by atoms with Crippen molar-refractivity contribution in [2.24, 2.45) is 0 Å². The van der Waals surface area contributed by atoms with E-state index in [4.69, 9.17) is 11.6 Å². The van der Waals surface area contributed by atoms with E-state index in [9.17, 15) is 4.79 Å². The van der Waals surface area contributed by atoms with Gasteiger partial charge in [-0.05, 0) is 31.4 Å². The molecule has 0 aliphatic carbocycles. The fourth-order valence-corrected chi connectivity index (χ4v) is 1.87. The highest BCUT2D eigenvalue weighted by atomic mass is 35.5. The smallest absolute Gasteiger partial charge is 0.272 e. The molecule has 0 saturated carbocycles. The predicted octanol–water partition coefficient (Wildman–Crippen LogP) is 2.36. The molecule has 0 bridgehead atoms. The molecule has 1 aliphatic rings. The number of nitrogens with zero attached hydrogens (tertiary/aromatic N) is 2. The third kappa shape index (κ3) is 2.48. The van der Waals surface area contributed by atoms with Crippen LogP contribution in [0, 0.1) is 0 Å². The van der Waals surface area contributed by atoms with Crippen LogP contribution in [0.5, 0.6) is 0 Å². The van der Waals surface area contributed by atoms with Gasteiger partial charge in [0.25, 0.3) is 5.91 Å². The molecule has 0 unspecified atom stereocenters. The first kappa shape index (κ1) is 10.4. The van der Waals surface area contributed by atoms with E-state index >= 15 is 0 Å². The zero-order chi connectivity index (χ0) is 10.7. The Balaban J connectivity index is 2.09. The zero-order valence-electron chi connectivity index (χ0n) is 8.45. The highest BCUT2D eigenvalue weighted by molar-refractivity contribution is 6.30. The summed E-state index contributed by atoms with van der Waals surface area (Å²) in [6.45, 7) is 1.70. The Bertz CT molecular complexity index is 344. The van der Waals surface area contributed by atoms with Gasteiger partial charge in [0.05, 0.1) is 5.02 Å². The van der Waals surface area contributed by atoms with Crippen molar-refractivity contribution in [2.75, 3.05) is 13.1 Å². The first-order valence-electron chi connectivity index (χ1n) is 5.18. The highest BCUT2D eigenvalue weighted by Crippen LogP contribution is 2.13. The number of hydrogen-bond donors (Lipinski definition) is 0. The van der Waals surface area contributed by atoms with Gasteiger partial charge in [0, 0.05) is 19.3 Å². The predicted molar refractivity (Wildman–Crippen MR) is 59.0 cm³/mol. The largest absolute Gasteiger partial charge is 0.337 e. The fourth-order valence-electron chi connectivity index (χ4n) is 1.76. The maximum absolute atomic E-state index is 11.9. The van der Waals surface area contributed by atoms with Crippen molar-refractivity contribution in [1.29, 1.82) is 0 Å². The molecule has 80 valence electrons. The lowest BCUT2D eigenvalue weighted by Gasteiger charge is -2.26. The number of halogens is 1. The number of piperidine rings is 1. The molecule has 0 radical (unpaired) electrons. The van der Waals surface area contributed by atoms with Gasteiger partial charge in [0.15, 0.2) is 0 Å². The van der Waals surface area contributed by atoms with E-state index in [1.54, 1.807) is 12.1 Å². The molecule has 1 aromatic heterocycles. The van der Waals surface area contributed by atoms with Gasteiger partial charge in [0.2, 0.25) is 0 Å². The molecule has 3 nitrogen and oxygen atoms in total. The van der Waals surface area contributed by atoms with E-state index in [1.807, 2.05) is 4.90 Å². The molecule has 15 heavy (non-hydrogen) atoms. The van der Waals surface area contributed by atoms with Crippen LogP contribution in [0.4, 0.5) is 0 Å². The number of carbonyl (C=O) groups excluding carboxylic acids is 1. The van der Waals surface area contributed by atoms with E-state index in [0.29, 0.717) is 10.7 Å². The molecule has 2 heterocycles. The highest BCUT2D eigenvalue weighted by Gasteiger charge is 2.18. The monoisotopic (exact) mass is 224 g/mol. The van der Waals surface area contributed by atoms with Crippen molar-refractivity contribution in [1.82, 2.24) is 9.88 Å². The minimum absolute atomic E-state index is 0.0198. The van der Waals surface area contributed by atoms with Crippen LogP contribution < -0.4 is 0 Å². The van der Waals surface area contributed by atoms with Crippen LogP contribution in [-0.4, -0.2) is 28.9 Å². The number of rotatable bonds is 1. The van der Waals surface area contributed by atoms with Crippen molar-refractivity contribution in [3.63, 3.8) is 0 Å². The van der Waals surface area contributed by atoms with Gasteiger partial charge < -0.3 is 4.90 Å². The Kier molecular flexibility index (Phi) is 3.21. The molecule has 2 rings (SSSR count). The first-order valence-corrected chi connectivity index (χ1v) is 5.56. The number of carbonyl (C=O) groups is 1. The third-order valence-corrected chi connectivity index (χ3v) is 2.81.